The third-order valence-electron chi connectivity index (χ3n) is 4.90. The average Bonchev–Trinajstić information content (AvgIpc) is 3.14. The summed E-state index contributed by atoms with van der Waals surface area (Å²) >= 11 is 0. The van der Waals surface area contributed by atoms with Gasteiger partial charge < -0.3 is 14.2 Å². The van der Waals surface area contributed by atoms with Crippen molar-refractivity contribution < 1.29 is 14.2 Å². The highest BCUT2D eigenvalue weighted by atomic mass is 16.6. The Hall–Kier alpha value is -0.200. The molecule has 3 aliphatic heterocycles. The predicted molar refractivity (Wildman–Crippen MR) is 78.4 cm³/mol. The minimum Gasteiger partial charge on any atom is -0.364 e. The molecule has 20 heavy (non-hydrogen) atoms. The van der Waals surface area contributed by atoms with Crippen LogP contribution in [0.2, 0.25) is 0 Å². The summed E-state index contributed by atoms with van der Waals surface area (Å²) < 4.78 is 16.1. The van der Waals surface area contributed by atoms with Gasteiger partial charge in [-0.2, -0.15) is 0 Å². The fraction of sp³-hybridized carbons (Fsp3) is 1.00. The summed E-state index contributed by atoms with van der Waals surface area (Å²) in [7, 11) is 0. The minimum absolute atomic E-state index is 0.245. The normalized spacial score (nSPS) is 27.1. The van der Waals surface area contributed by atoms with E-state index in [1.165, 1.54) is 25.7 Å². The van der Waals surface area contributed by atoms with E-state index in [0.29, 0.717) is 5.54 Å². The van der Waals surface area contributed by atoms with Gasteiger partial charge in [0.2, 0.25) is 0 Å². The number of ether oxygens (including phenoxy) is 3. The highest BCUT2D eigenvalue weighted by Gasteiger charge is 2.45. The standard InChI is InChI=1S/C8H15NO2.C7H15NO/c1-2-3-8-4-10-6-9(8)7-11-5-8;1-3-7(4-2)5-9-6-8-7/h2-7H2,1H3;8H,3-6H2,1-2H3. The number of nitrogens with zero attached hydrogens (tertiary/aromatic N) is 1. The lowest BCUT2D eigenvalue weighted by atomic mass is 9.95. The molecule has 0 aromatic rings. The summed E-state index contributed by atoms with van der Waals surface area (Å²) in [6.45, 7) is 11.5. The number of fused-ring (bicyclic) bond motifs is 1. The Morgan fingerprint density at radius 3 is 2.00 bits per heavy atom. The van der Waals surface area contributed by atoms with Crippen LogP contribution in [0.15, 0.2) is 0 Å². The van der Waals surface area contributed by atoms with Gasteiger partial charge in [-0.15, -0.1) is 0 Å². The third kappa shape index (κ3) is 3.34. The van der Waals surface area contributed by atoms with Crippen LogP contribution in [0.4, 0.5) is 0 Å². The van der Waals surface area contributed by atoms with Gasteiger partial charge >= 0.3 is 0 Å². The van der Waals surface area contributed by atoms with Crippen LogP contribution >= 0.6 is 0 Å². The molecule has 3 fully saturated rings. The van der Waals surface area contributed by atoms with Gasteiger partial charge in [0.1, 0.15) is 13.5 Å². The molecule has 3 saturated heterocycles. The second-order valence-electron chi connectivity index (χ2n) is 6.13. The first-order chi connectivity index (χ1) is 9.70. The van der Waals surface area contributed by atoms with Gasteiger partial charge in [-0.1, -0.05) is 27.2 Å². The maximum absolute atomic E-state index is 5.41. The van der Waals surface area contributed by atoms with Crippen LogP contribution in [0.1, 0.15) is 46.5 Å². The van der Waals surface area contributed by atoms with Crippen molar-refractivity contribution in [1.82, 2.24) is 10.2 Å². The molecule has 0 radical (unpaired) electrons. The number of nitrogens with one attached hydrogen (secondary N) is 1. The first-order valence-electron chi connectivity index (χ1n) is 7.93. The fourth-order valence-corrected chi connectivity index (χ4v) is 3.20. The van der Waals surface area contributed by atoms with Gasteiger partial charge in [0.25, 0.3) is 0 Å². The van der Waals surface area contributed by atoms with Crippen LogP contribution in [0, 0.1) is 0 Å². The predicted octanol–water partition coefficient (Wildman–Crippen LogP) is 1.93. The Morgan fingerprint density at radius 2 is 1.60 bits per heavy atom. The summed E-state index contributed by atoms with van der Waals surface area (Å²) in [5.74, 6) is 0. The lowest BCUT2D eigenvalue weighted by Crippen LogP contribution is -2.42. The van der Waals surface area contributed by atoms with Crippen LogP contribution in [0.25, 0.3) is 0 Å². The SMILES string of the molecule is CCC1(CC)COCN1.CCCC12COCN1COC2. The molecule has 118 valence electrons. The molecule has 1 N–H and O–H groups in total. The molecule has 0 bridgehead atoms. The van der Waals surface area contributed by atoms with E-state index in [9.17, 15) is 0 Å². The van der Waals surface area contributed by atoms with E-state index >= 15 is 0 Å². The highest BCUT2D eigenvalue weighted by molar-refractivity contribution is 4.95. The zero-order valence-electron chi connectivity index (χ0n) is 13.2. The van der Waals surface area contributed by atoms with Crippen molar-refractivity contribution in [3.63, 3.8) is 0 Å². The number of hydrogen-bond donors (Lipinski definition) is 1. The van der Waals surface area contributed by atoms with Crippen LogP contribution in [-0.4, -0.2) is 56.0 Å². The fourth-order valence-electron chi connectivity index (χ4n) is 3.20. The Balaban J connectivity index is 0.000000151. The summed E-state index contributed by atoms with van der Waals surface area (Å²) in [4.78, 5) is 2.30. The molecule has 0 aromatic heterocycles. The largest absolute Gasteiger partial charge is 0.364 e. The zero-order valence-corrected chi connectivity index (χ0v) is 13.2. The maximum Gasteiger partial charge on any atom is 0.101 e. The molecule has 5 heteroatoms. The Morgan fingerprint density at radius 1 is 0.950 bits per heavy atom. The second kappa shape index (κ2) is 7.18. The first kappa shape index (κ1) is 16.2. The highest BCUT2D eigenvalue weighted by Crippen LogP contribution is 2.32. The second-order valence-corrected chi connectivity index (χ2v) is 6.13. The van der Waals surface area contributed by atoms with Gasteiger partial charge in [0.15, 0.2) is 0 Å². The van der Waals surface area contributed by atoms with Crippen molar-refractivity contribution in [2.24, 2.45) is 0 Å². The zero-order chi connectivity index (χ0) is 14.5. The van der Waals surface area contributed by atoms with Crippen LogP contribution < -0.4 is 5.32 Å². The summed E-state index contributed by atoms with van der Waals surface area (Å²) in [5, 5.41) is 3.35. The van der Waals surface area contributed by atoms with Crippen molar-refractivity contribution >= 4 is 0 Å². The average molecular weight is 286 g/mol. The molecule has 3 rings (SSSR count). The first-order valence-corrected chi connectivity index (χ1v) is 7.93. The summed E-state index contributed by atoms with van der Waals surface area (Å²) in [6.07, 6.45) is 4.75. The molecule has 0 amide bonds. The third-order valence-corrected chi connectivity index (χ3v) is 4.90. The van der Waals surface area contributed by atoms with E-state index < -0.39 is 0 Å². The quantitative estimate of drug-likeness (QED) is 0.855. The maximum atomic E-state index is 5.41. The topological polar surface area (TPSA) is 43.0 Å². The summed E-state index contributed by atoms with van der Waals surface area (Å²) in [6, 6.07) is 0. The molecule has 0 atom stereocenters. The number of hydrogen-bond acceptors (Lipinski definition) is 5. The lowest BCUT2D eigenvalue weighted by molar-refractivity contribution is 0.0695. The van der Waals surface area contributed by atoms with Gasteiger partial charge in [-0.3, -0.25) is 5.32 Å². The van der Waals surface area contributed by atoms with Crippen molar-refractivity contribution in [2.45, 2.75) is 57.5 Å². The van der Waals surface area contributed by atoms with Gasteiger partial charge in [0, 0.05) is 5.54 Å². The van der Waals surface area contributed by atoms with Gasteiger partial charge in [-0.25, -0.2) is 4.90 Å². The van der Waals surface area contributed by atoms with Crippen molar-refractivity contribution in [3.05, 3.63) is 0 Å². The molecule has 3 heterocycles. The molecule has 5 nitrogen and oxygen atoms in total. The number of rotatable bonds is 4. The van der Waals surface area contributed by atoms with E-state index in [1.54, 1.807) is 0 Å². The van der Waals surface area contributed by atoms with Crippen LogP contribution in [0.3, 0.4) is 0 Å². The summed E-state index contributed by atoms with van der Waals surface area (Å²) in [5.41, 5.74) is 0.550. The monoisotopic (exact) mass is 286 g/mol. The van der Waals surface area contributed by atoms with Crippen molar-refractivity contribution in [1.29, 1.82) is 0 Å². The van der Waals surface area contributed by atoms with Crippen LogP contribution in [0.5, 0.6) is 0 Å². The molecule has 0 aliphatic carbocycles. The molecule has 3 aliphatic rings. The van der Waals surface area contributed by atoms with E-state index in [4.69, 9.17) is 14.2 Å². The lowest BCUT2D eigenvalue weighted by Gasteiger charge is -2.26. The Kier molecular flexibility index (Phi) is 5.81. The Labute approximate surface area is 122 Å². The molecular weight excluding hydrogens is 256 g/mol. The van der Waals surface area contributed by atoms with E-state index in [-0.39, 0.29) is 5.54 Å². The minimum atomic E-state index is 0.245. The van der Waals surface area contributed by atoms with Gasteiger partial charge in [0.05, 0.1) is 32.1 Å². The Bertz CT molecular complexity index is 277. The molecule has 0 spiro atoms. The van der Waals surface area contributed by atoms with Crippen molar-refractivity contribution in [3.8, 4) is 0 Å². The smallest absolute Gasteiger partial charge is 0.101 e. The van der Waals surface area contributed by atoms with E-state index in [2.05, 4.69) is 31.0 Å². The molecule has 0 aromatic carbocycles. The molecule has 0 unspecified atom stereocenters. The van der Waals surface area contributed by atoms with E-state index in [0.717, 1.165) is 40.0 Å². The van der Waals surface area contributed by atoms with Crippen LogP contribution in [-0.2, 0) is 14.2 Å². The van der Waals surface area contributed by atoms with Gasteiger partial charge in [-0.05, 0) is 19.3 Å². The van der Waals surface area contributed by atoms with E-state index in [1.807, 2.05) is 0 Å². The molecule has 0 saturated carbocycles. The van der Waals surface area contributed by atoms with Crippen molar-refractivity contribution in [2.75, 3.05) is 40.0 Å². The molecular formula is C15H30N2O3.